The van der Waals surface area contributed by atoms with E-state index in [4.69, 9.17) is 9.47 Å². The lowest BCUT2D eigenvalue weighted by Crippen LogP contribution is -2.06. The van der Waals surface area contributed by atoms with E-state index in [1.54, 1.807) is 12.3 Å². The Kier molecular flexibility index (Phi) is 4.34. The summed E-state index contributed by atoms with van der Waals surface area (Å²) in [5, 5.41) is 2.84. The van der Waals surface area contributed by atoms with E-state index in [9.17, 15) is 8.78 Å². The van der Waals surface area contributed by atoms with Gasteiger partial charge in [0, 0.05) is 18.3 Å². The lowest BCUT2D eigenvalue weighted by molar-refractivity contribution is 0.350. The van der Waals surface area contributed by atoms with Crippen LogP contribution in [0.3, 0.4) is 0 Å². The van der Waals surface area contributed by atoms with Gasteiger partial charge in [-0.2, -0.15) is 0 Å². The Morgan fingerprint density at radius 1 is 1.15 bits per heavy atom. The number of hydrogen-bond acceptors (Lipinski definition) is 4. The molecule has 1 aromatic carbocycles. The number of nitrogens with one attached hydrogen (secondary N) is 1. The van der Waals surface area contributed by atoms with E-state index in [2.05, 4.69) is 10.3 Å². The van der Waals surface area contributed by atoms with E-state index in [0.29, 0.717) is 17.2 Å². The van der Waals surface area contributed by atoms with Crippen molar-refractivity contribution in [3.63, 3.8) is 0 Å². The van der Waals surface area contributed by atoms with Crippen LogP contribution >= 0.6 is 0 Å². The summed E-state index contributed by atoms with van der Waals surface area (Å²) in [6, 6.07) is 5.00. The zero-order chi connectivity index (χ0) is 14.5. The third-order valence-electron chi connectivity index (χ3n) is 2.74. The SMILES string of the molecule is COc1ccnc(CNc2ccc(F)cc2F)c1OC. The molecule has 1 N–H and O–H groups in total. The van der Waals surface area contributed by atoms with Gasteiger partial charge in [0.15, 0.2) is 11.5 Å². The van der Waals surface area contributed by atoms with Crippen molar-refractivity contribution in [1.82, 2.24) is 4.98 Å². The summed E-state index contributed by atoms with van der Waals surface area (Å²) in [6.07, 6.45) is 1.57. The number of hydrogen-bond donors (Lipinski definition) is 1. The van der Waals surface area contributed by atoms with Crippen LogP contribution in [-0.2, 0) is 6.54 Å². The maximum absolute atomic E-state index is 13.5. The van der Waals surface area contributed by atoms with Crippen LogP contribution in [-0.4, -0.2) is 19.2 Å². The zero-order valence-electron chi connectivity index (χ0n) is 11.1. The highest BCUT2D eigenvalue weighted by molar-refractivity contribution is 5.48. The fourth-order valence-corrected chi connectivity index (χ4v) is 1.79. The van der Waals surface area contributed by atoms with E-state index in [1.807, 2.05) is 0 Å². The molecule has 0 spiro atoms. The van der Waals surface area contributed by atoms with Crippen LogP contribution in [0.1, 0.15) is 5.69 Å². The van der Waals surface area contributed by atoms with Crippen LogP contribution in [0, 0.1) is 11.6 Å². The molecule has 0 radical (unpaired) electrons. The fraction of sp³-hybridized carbons (Fsp3) is 0.214. The van der Waals surface area contributed by atoms with Crippen molar-refractivity contribution in [2.24, 2.45) is 0 Å². The van der Waals surface area contributed by atoms with Gasteiger partial charge < -0.3 is 14.8 Å². The topological polar surface area (TPSA) is 43.4 Å². The van der Waals surface area contributed by atoms with Crippen molar-refractivity contribution < 1.29 is 18.3 Å². The molecule has 4 nitrogen and oxygen atoms in total. The molecular weight excluding hydrogens is 266 g/mol. The number of rotatable bonds is 5. The summed E-state index contributed by atoms with van der Waals surface area (Å²) in [5.41, 5.74) is 0.758. The van der Waals surface area contributed by atoms with E-state index in [1.165, 1.54) is 26.4 Å². The van der Waals surface area contributed by atoms with E-state index >= 15 is 0 Å². The average molecular weight is 280 g/mol. The quantitative estimate of drug-likeness (QED) is 0.914. The Labute approximate surface area is 115 Å². The van der Waals surface area contributed by atoms with Gasteiger partial charge in [-0.25, -0.2) is 8.78 Å². The minimum atomic E-state index is -0.660. The largest absolute Gasteiger partial charge is 0.493 e. The van der Waals surface area contributed by atoms with Crippen LogP contribution in [0.25, 0.3) is 0 Å². The highest BCUT2D eigenvalue weighted by Crippen LogP contribution is 2.29. The van der Waals surface area contributed by atoms with Gasteiger partial charge in [0.25, 0.3) is 0 Å². The minimum Gasteiger partial charge on any atom is -0.493 e. The number of anilines is 1. The number of benzene rings is 1. The summed E-state index contributed by atoms with van der Waals surface area (Å²) < 4.78 is 36.7. The number of aromatic nitrogens is 1. The first-order valence-corrected chi connectivity index (χ1v) is 5.90. The van der Waals surface area contributed by atoms with Crippen molar-refractivity contribution in [2.45, 2.75) is 6.54 Å². The molecule has 6 heteroatoms. The Morgan fingerprint density at radius 2 is 1.95 bits per heavy atom. The Hall–Kier alpha value is -2.37. The molecule has 0 bridgehead atoms. The standard InChI is InChI=1S/C14H14F2N2O2/c1-19-13-5-6-17-12(14(13)20-2)8-18-11-4-3-9(15)7-10(11)16/h3-7,18H,8H2,1-2H3. The first-order chi connectivity index (χ1) is 9.65. The van der Waals surface area contributed by atoms with E-state index < -0.39 is 11.6 Å². The second-order valence-electron chi connectivity index (χ2n) is 3.97. The van der Waals surface area contributed by atoms with Crippen molar-refractivity contribution in [1.29, 1.82) is 0 Å². The Morgan fingerprint density at radius 3 is 2.60 bits per heavy atom. The zero-order valence-corrected chi connectivity index (χ0v) is 11.1. The molecule has 0 saturated carbocycles. The number of methoxy groups -OCH3 is 2. The maximum Gasteiger partial charge on any atom is 0.184 e. The maximum atomic E-state index is 13.5. The van der Waals surface area contributed by atoms with Gasteiger partial charge in [0.2, 0.25) is 0 Å². The predicted octanol–water partition coefficient (Wildman–Crippen LogP) is 2.99. The molecule has 0 saturated heterocycles. The van der Waals surface area contributed by atoms with Crippen LogP contribution in [0.4, 0.5) is 14.5 Å². The first-order valence-electron chi connectivity index (χ1n) is 5.90. The van der Waals surface area contributed by atoms with E-state index in [-0.39, 0.29) is 12.2 Å². The summed E-state index contributed by atoms with van der Waals surface area (Å²) in [6.45, 7) is 0.225. The van der Waals surface area contributed by atoms with Gasteiger partial charge in [-0.15, -0.1) is 0 Å². The van der Waals surface area contributed by atoms with Gasteiger partial charge in [0.1, 0.15) is 17.3 Å². The molecule has 20 heavy (non-hydrogen) atoms. The van der Waals surface area contributed by atoms with Crippen LogP contribution in [0.5, 0.6) is 11.5 Å². The number of nitrogens with zero attached hydrogens (tertiary/aromatic N) is 1. The second kappa shape index (κ2) is 6.18. The molecule has 0 fully saturated rings. The van der Waals surface area contributed by atoms with E-state index in [0.717, 1.165) is 6.07 Å². The third-order valence-corrected chi connectivity index (χ3v) is 2.74. The summed E-state index contributed by atoms with van der Waals surface area (Å²) in [7, 11) is 3.02. The number of ether oxygens (including phenoxy) is 2. The molecule has 0 atom stereocenters. The molecule has 1 aromatic heterocycles. The smallest absolute Gasteiger partial charge is 0.184 e. The van der Waals surface area contributed by atoms with Gasteiger partial charge in [0.05, 0.1) is 26.5 Å². The monoisotopic (exact) mass is 280 g/mol. The molecule has 0 aliphatic carbocycles. The molecule has 2 aromatic rings. The summed E-state index contributed by atoms with van der Waals surface area (Å²) in [5.74, 6) is -0.263. The molecule has 106 valence electrons. The number of pyridine rings is 1. The molecule has 1 heterocycles. The van der Waals surface area contributed by atoms with Crippen LogP contribution in [0.2, 0.25) is 0 Å². The fourth-order valence-electron chi connectivity index (χ4n) is 1.79. The minimum absolute atomic E-state index is 0.193. The molecular formula is C14H14F2N2O2. The normalized spacial score (nSPS) is 10.2. The van der Waals surface area contributed by atoms with Gasteiger partial charge in [-0.3, -0.25) is 4.98 Å². The van der Waals surface area contributed by atoms with Gasteiger partial charge in [-0.05, 0) is 12.1 Å². The third kappa shape index (κ3) is 2.96. The molecule has 0 amide bonds. The van der Waals surface area contributed by atoms with Gasteiger partial charge >= 0.3 is 0 Å². The lowest BCUT2D eigenvalue weighted by Gasteiger charge is -2.13. The summed E-state index contributed by atoms with van der Waals surface area (Å²) in [4.78, 5) is 4.16. The second-order valence-corrected chi connectivity index (χ2v) is 3.97. The lowest BCUT2D eigenvalue weighted by atomic mass is 10.2. The molecule has 2 rings (SSSR count). The first kappa shape index (κ1) is 14.0. The number of halogens is 2. The summed E-state index contributed by atoms with van der Waals surface area (Å²) >= 11 is 0. The van der Waals surface area contributed by atoms with Crippen molar-refractivity contribution >= 4 is 5.69 Å². The van der Waals surface area contributed by atoms with Crippen molar-refractivity contribution in [3.05, 3.63) is 47.8 Å². The van der Waals surface area contributed by atoms with Gasteiger partial charge in [-0.1, -0.05) is 0 Å². The van der Waals surface area contributed by atoms with Crippen molar-refractivity contribution in [3.8, 4) is 11.5 Å². The molecule has 0 aliphatic rings. The Bertz CT molecular complexity index is 606. The highest BCUT2D eigenvalue weighted by atomic mass is 19.1. The predicted molar refractivity (Wildman–Crippen MR) is 71.0 cm³/mol. The van der Waals surface area contributed by atoms with Crippen LogP contribution < -0.4 is 14.8 Å². The Balaban J connectivity index is 2.18. The molecule has 0 aliphatic heterocycles. The van der Waals surface area contributed by atoms with Crippen molar-refractivity contribution in [2.75, 3.05) is 19.5 Å². The highest BCUT2D eigenvalue weighted by Gasteiger charge is 2.11. The van der Waals surface area contributed by atoms with Crippen LogP contribution in [0.15, 0.2) is 30.5 Å². The average Bonchev–Trinajstić information content (AvgIpc) is 2.45. The molecule has 0 unspecified atom stereocenters.